The molecule has 1 rings (SSSR count). The fourth-order valence-electron chi connectivity index (χ4n) is 0.789. The Hall–Kier alpha value is -1.02. The lowest BCUT2D eigenvalue weighted by molar-refractivity contribution is -0.0412. The highest BCUT2D eigenvalue weighted by molar-refractivity contribution is 6.58. The molecule has 7 heteroatoms. The number of methoxy groups -OCH3 is 1. The minimum absolute atomic E-state index is 0.174. The number of hydrogen-bond acceptors (Lipinski definition) is 6. The molecule has 1 aromatic rings. The predicted octanol–water partition coefficient (Wildman–Crippen LogP) is -1.72. The molecular weight excluding hydrogens is 187 g/mol. The third kappa shape index (κ3) is 3.39. The van der Waals surface area contributed by atoms with E-state index in [4.69, 9.17) is 14.8 Å². The Morgan fingerprint density at radius 2 is 2.00 bits per heavy atom. The van der Waals surface area contributed by atoms with Crippen molar-refractivity contribution in [3.8, 4) is 0 Å². The summed E-state index contributed by atoms with van der Waals surface area (Å²) in [4.78, 5) is 7.72. The van der Waals surface area contributed by atoms with E-state index in [1.54, 1.807) is 0 Å². The molecule has 0 saturated carbocycles. The van der Waals surface area contributed by atoms with Crippen molar-refractivity contribution in [2.75, 3.05) is 13.9 Å². The minimum atomic E-state index is -1.54. The first kappa shape index (κ1) is 11.1. The van der Waals surface area contributed by atoms with Crippen molar-refractivity contribution in [1.29, 1.82) is 0 Å². The Kier molecular flexibility index (Phi) is 4.47. The van der Waals surface area contributed by atoms with Crippen LogP contribution in [0.5, 0.6) is 0 Å². The Morgan fingerprint density at radius 3 is 2.50 bits per heavy atom. The van der Waals surface area contributed by atoms with E-state index in [1.165, 1.54) is 19.5 Å². The molecule has 2 N–H and O–H groups in total. The van der Waals surface area contributed by atoms with Gasteiger partial charge in [0.15, 0.2) is 5.82 Å². The van der Waals surface area contributed by atoms with E-state index in [0.717, 1.165) is 0 Å². The zero-order valence-electron chi connectivity index (χ0n) is 7.75. The summed E-state index contributed by atoms with van der Waals surface area (Å²) in [6.07, 6.45) is 2.67. The number of nitrogens with zero attached hydrogens (tertiary/aromatic N) is 2. The summed E-state index contributed by atoms with van der Waals surface area (Å²) in [7, 11) is -0.0181. The van der Waals surface area contributed by atoms with Gasteiger partial charge in [-0.2, -0.15) is 0 Å². The van der Waals surface area contributed by atoms with Crippen LogP contribution in [0.25, 0.3) is 0 Å². The van der Waals surface area contributed by atoms with E-state index in [2.05, 4.69) is 14.7 Å². The first-order chi connectivity index (χ1) is 6.74. The molecule has 76 valence electrons. The topological polar surface area (TPSA) is 84.7 Å². The standard InChI is InChI=1S/C7H11BN2O4/c1-13-5-14-4-7-9-2-6(3-10-7)8(11)12/h2-3,11-12H,4-5H2,1H3. The molecule has 14 heavy (non-hydrogen) atoms. The molecule has 0 aliphatic heterocycles. The van der Waals surface area contributed by atoms with Crippen LogP contribution in [0.1, 0.15) is 5.82 Å². The van der Waals surface area contributed by atoms with Crippen molar-refractivity contribution in [2.45, 2.75) is 6.61 Å². The van der Waals surface area contributed by atoms with Gasteiger partial charge >= 0.3 is 7.12 Å². The van der Waals surface area contributed by atoms with Gasteiger partial charge in [-0.05, 0) is 0 Å². The number of rotatable bonds is 5. The highest BCUT2D eigenvalue weighted by Gasteiger charge is 2.11. The predicted molar refractivity (Wildman–Crippen MR) is 48.5 cm³/mol. The van der Waals surface area contributed by atoms with Crippen LogP contribution in [0.3, 0.4) is 0 Å². The van der Waals surface area contributed by atoms with Gasteiger partial charge in [0, 0.05) is 25.0 Å². The summed E-state index contributed by atoms with van der Waals surface area (Å²) in [5.74, 6) is 0.464. The van der Waals surface area contributed by atoms with Crippen LogP contribution >= 0.6 is 0 Å². The zero-order valence-corrected chi connectivity index (χ0v) is 7.75. The van der Waals surface area contributed by atoms with Gasteiger partial charge in [0.2, 0.25) is 0 Å². The molecule has 0 aliphatic rings. The smallest absolute Gasteiger partial charge is 0.423 e. The van der Waals surface area contributed by atoms with E-state index >= 15 is 0 Å². The van der Waals surface area contributed by atoms with E-state index in [-0.39, 0.29) is 18.9 Å². The zero-order chi connectivity index (χ0) is 10.4. The Bertz CT molecular complexity index is 267. The van der Waals surface area contributed by atoms with Crippen molar-refractivity contribution in [1.82, 2.24) is 9.97 Å². The van der Waals surface area contributed by atoms with E-state index in [0.29, 0.717) is 5.82 Å². The summed E-state index contributed by atoms with van der Waals surface area (Å²) in [6.45, 7) is 0.406. The van der Waals surface area contributed by atoms with Gasteiger partial charge in [-0.15, -0.1) is 0 Å². The van der Waals surface area contributed by atoms with Crippen molar-refractivity contribution >= 4 is 12.6 Å². The lowest BCUT2D eigenvalue weighted by Crippen LogP contribution is -2.30. The largest absolute Gasteiger partial charge is 0.491 e. The summed E-state index contributed by atoms with van der Waals surface area (Å²) in [6, 6.07) is 0. The third-order valence-corrected chi connectivity index (χ3v) is 1.46. The molecule has 1 heterocycles. The van der Waals surface area contributed by atoms with Gasteiger partial charge in [-0.3, -0.25) is 0 Å². The maximum atomic E-state index is 8.75. The second-order valence-electron chi connectivity index (χ2n) is 2.56. The Balaban J connectivity index is 2.47. The Labute approximate surface area is 81.7 Å². The second kappa shape index (κ2) is 5.66. The van der Waals surface area contributed by atoms with E-state index < -0.39 is 7.12 Å². The molecule has 6 nitrogen and oxygen atoms in total. The second-order valence-corrected chi connectivity index (χ2v) is 2.56. The average Bonchev–Trinajstić information content (AvgIpc) is 2.19. The number of aromatic nitrogens is 2. The summed E-state index contributed by atoms with van der Waals surface area (Å²) >= 11 is 0. The molecule has 0 unspecified atom stereocenters. The van der Waals surface area contributed by atoms with Gasteiger partial charge in [-0.25, -0.2) is 9.97 Å². The first-order valence-electron chi connectivity index (χ1n) is 3.97. The maximum Gasteiger partial charge on any atom is 0.491 e. The average molecular weight is 198 g/mol. The van der Waals surface area contributed by atoms with Gasteiger partial charge in [0.25, 0.3) is 0 Å². The van der Waals surface area contributed by atoms with Gasteiger partial charge in [-0.1, -0.05) is 0 Å². The molecule has 0 atom stereocenters. The molecule has 0 aliphatic carbocycles. The van der Waals surface area contributed by atoms with Crippen molar-refractivity contribution < 1.29 is 19.5 Å². The van der Waals surface area contributed by atoms with Gasteiger partial charge < -0.3 is 19.5 Å². The van der Waals surface area contributed by atoms with Gasteiger partial charge in [0.1, 0.15) is 13.4 Å². The highest BCUT2D eigenvalue weighted by Crippen LogP contribution is 1.90. The van der Waals surface area contributed by atoms with Crippen LogP contribution in [-0.4, -0.2) is 41.0 Å². The summed E-state index contributed by atoms with van der Waals surface area (Å²) < 4.78 is 9.66. The quantitative estimate of drug-likeness (QED) is 0.332. The van der Waals surface area contributed by atoms with Crippen LogP contribution in [0, 0.1) is 0 Å². The minimum Gasteiger partial charge on any atom is -0.423 e. The molecule has 0 amide bonds. The monoisotopic (exact) mass is 198 g/mol. The number of ether oxygens (including phenoxy) is 2. The van der Waals surface area contributed by atoms with Crippen molar-refractivity contribution in [3.05, 3.63) is 18.2 Å². The van der Waals surface area contributed by atoms with Crippen molar-refractivity contribution in [2.24, 2.45) is 0 Å². The SMILES string of the molecule is COCOCc1ncc(B(O)O)cn1. The van der Waals surface area contributed by atoms with Crippen LogP contribution in [0.15, 0.2) is 12.4 Å². The molecule has 0 fully saturated rings. The molecule has 0 saturated heterocycles. The van der Waals surface area contributed by atoms with Crippen molar-refractivity contribution in [3.63, 3.8) is 0 Å². The maximum absolute atomic E-state index is 8.75. The normalized spacial score (nSPS) is 10.2. The van der Waals surface area contributed by atoms with Crippen LogP contribution in [0.2, 0.25) is 0 Å². The van der Waals surface area contributed by atoms with E-state index in [1.807, 2.05) is 0 Å². The Morgan fingerprint density at radius 1 is 1.36 bits per heavy atom. The molecule has 0 aromatic carbocycles. The lowest BCUT2D eigenvalue weighted by Gasteiger charge is -2.02. The molecule has 0 spiro atoms. The lowest BCUT2D eigenvalue weighted by atomic mass is 9.83. The fraction of sp³-hybridized carbons (Fsp3) is 0.429. The molecule has 0 bridgehead atoms. The highest BCUT2D eigenvalue weighted by atomic mass is 16.7. The van der Waals surface area contributed by atoms with Gasteiger partial charge in [0.05, 0.1) is 0 Å². The summed E-state index contributed by atoms with van der Waals surface area (Å²) in [5, 5.41) is 17.5. The molecule has 0 radical (unpaired) electrons. The molecular formula is C7H11BN2O4. The molecule has 1 aromatic heterocycles. The van der Waals surface area contributed by atoms with E-state index in [9.17, 15) is 0 Å². The van der Waals surface area contributed by atoms with Crippen LogP contribution in [0.4, 0.5) is 0 Å². The van der Waals surface area contributed by atoms with Crippen LogP contribution < -0.4 is 5.46 Å². The number of hydrogen-bond donors (Lipinski definition) is 2. The first-order valence-corrected chi connectivity index (χ1v) is 3.97. The van der Waals surface area contributed by atoms with Crippen LogP contribution in [-0.2, 0) is 16.1 Å². The summed E-state index contributed by atoms with van der Waals surface area (Å²) in [5.41, 5.74) is 0.250. The fourth-order valence-corrected chi connectivity index (χ4v) is 0.789. The third-order valence-electron chi connectivity index (χ3n) is 1.46.